The summed E-state index contributed by atoms with van der Waals surface area (Å²) in [4.78, 5) is 2.56. The Morgan fingerprint density at radius 3 is 2.38 bits per heavy atom. The second-order valence-corrected chi connectivity index (χ2v) is 6.67. The third-order valence-electron chi connectivity index (χ3n) is 4.80. The molecule has 1 heterocycles. The average molecular weight is 325 g/mol. The van der Waals surface area contributed by atoms with Crippen LogP contribution in [0.5, 0.6) is 11.5 Å². The highest BCUT2D eigenvalue weighted by molar-refractivity contribution is 5.30. The van der Waals surface area contributed by atoms with Crippen LogP contribution in [-0.4, -0.2) is 36.2 Å². The van der Waals surface area contributed by atoms with Crippen molar-refractivity contribution < 1.29 is 9.84 Å². The number of rotatable bonds is 7. The predicted molar refractivity (Wildman–Crippen MR) is 97.5 cm³/mol. The van der Waals surface area contributed by atoms with Gasteiger partial charge in [0.15, 0.2) is 0 Å². The minimum Gasteiger partial charge on any atom is -0.508 e. The molecule has 2 aromatic rings. The molecule has 3 nitrogen and oxygen atoms in total. The van der Waals surface area contributed by atoms with Gasteiger partial charge in [-0.05, 0) is 74.5 Å². The topological polar surface area (TPSA) is 32.7 Å². The zero-order valence-electron chi connectivity index (χ0n) is 14.2. The van der Waals surface area contributed by atoms with Crippen LogP contribution in [0.2, 0.25) is 0 Å². The first-order chi connectivity index (χ1) is 11.8. The zero-order chi connectivity index (χ0) is 16.6. The largest absolute Gasteiger partial charge is 0.508 e. The molecule has 1 aliphatic rings. The first kappa shape index (κ1) is 16.8. The fourth-order valence-electron chi connectivity index (χ4n) is 3.38. The van der Waals surface area contributed by atoms with E-state index >= 15 is 0 Å². The van der Waals surface area contributed by atoms with Crippen LogP contribution in [0.4, 0.5) is 0 Å². The van der Waals surface area contributed by atoms with Crippen molar-refractivity contribution in [2.75, 3.05) is 26.2 Å². The summed E-state index contributed by atoms with van der Waals surface area (Å²) >= 11 is 0. The first-order valence-electron chi connectivity index (χ1n) is 8.98. The molecule has 1 saturated heterocycles. The fourth-order valence-corrected chi connectivity index (χ4v) is 3.38. The van der Waals surface area contributed by atoms with Crippen molar-refractivity contribution >= 4 is 0 Å². The van der Waals surface area contributed by atoms with E-state index in [4.69, 9.17) is 4.74 Å². The molecule has 3 rings (SSSR count). The van der Waals surface area contributed by atoms with Crippen LogP contribution in [0.3, 0.4) is 0 Å². The van der Waals surface area contributed by atoms with Crippen LogP contribution in [0.25, 0.3) is 0 Å². The van der Waals surface area contributed by atoms with E-state index in [-0.39, 0.29) is 5.75 Å². The van der Waals surface area contributed by atoms with Crippen LogP contribution >= 0.6 is 0 Å². The molecule has 0 unspecified atom stereocenters. The molecule has 0 radical (unpaired) electrons. The molecule has 2 aromatic carbocycles. The molecular formula is C21H27NO2. The normalized spacial score (nSPS) is 16.2. The van der Waals surface area contributed by atoms with E-state index in [9.17, 15) is 5.11 Å². The van der Waals surface area contributed by atoms with E-state index in [1.54, 1.807) is 12.1 Å². The van der Waals surface area contributed by atoms with Crippen LogP contribution in [0.1, 0.15) is 24.8 Å². The van der Waals surface area contributed by atoms with Crippen molar-refractivity contribution in [1.29, 1.82) is 0 Å². The number of hydrogen-bond donors (Lipinski definition) is 1. The highest BCUT2D eigenvalue weighted by Crippen LogP contribution is 2.22. The molecule has 0 bridgehead atoms. The van der Waals surface area contributed by atoms with Crippen molar-refractivity contribution in [2.24, 2.45) is 5.92 Å². The Bertz CT molecular complexity index is 589. The minimum atomic E-state index is 0.278. The summed E-state index contributed by atoms with van der Waals surface area (Å²) in [5, 5.41) is 9.25. The summed E-state index contributed by atoms with van der Waals surface area (Å²) in [7, 11) is 0. The Hall–Kier alpha value is -2.00. The van der Waals surface area contributed by atoms with E-state index in [1.165, 1.54) is 37.9 Å². The van der Waals surface area contributed by atoms with E-state index in [0.717, 1.165) is 31.2 Å². The number of hydrogen-bond acceptors (Lipinski definition) is 3. The lowest BCUT2D eigenvalue weighted by molar-refractivity contribution is 0.170. The third-order valence-corrected chi connectivity index (χ3v) is 4.80. The van der Waals surface area contributed by atoms with Crippen LogP contribution < -0.4 is 4.74 Å². The maximum atomic E-state index is 9.25. The summed E-state index contributed by atoms with van der Waals surface area (Å²) < 4.78 is 5.71. The Labute approximate surface area is 144 Å². The summed E-state index contributed by atoms with van der Waals surface area (Å²) in [6.45, 7) is 4.25. The van der Waals surface area contributed by atoms with Gasteiger partial charge in [-0.25, -0.2) is 0 Å². The molecule has 128 valence electrons. The van der Waals surface area contributed by atoms with Gasteiger partial charge in [0.25, 0.3) is 0 Å². The molecule has 24 heavy (non-hydrogen) atoms. The van der Waals surface area contributed by atoms with E-state index in [2.05, 4.69) is 35.2 Å². The van der Waals surface area contributed by atoms with Gasteiger partial charge in [-0.1, -0.05) is 30.3 Å². The smallest absolute Gasteiger partial charge is 0.119 e. The molecule has 0 aliphatic carbocycles. The maximum absolute atomic E-state index is 9.25. The molecule has 1 aliphatic heterocycles. The van der Waals surface area contributed by atoms with Gasteiger partial charge in [0.1, 0.15) is 11.5 Å². The Morgan fingerprint density at radius 1 is 0.958 bits per heavy atom. The number of likely N-dealkylation sites (tertiary alicyclic amines) is 1. The lowest BCUT2D eigenvalue weighted by Crippen LogP contribution is -2.35. The Morgan fingerprint density at radius 2 is 1.67 bits per heavy atom. The highest BCUT2D eigenvalue weighted by Gasteiger charge is 2.18. The predicted octanol–water partition coefficient (Wildman–Crippen LogP) is 4.12. The van der Waals surface area contributed by atoms with Crippen LogP contribution in [0, 0.1) is 5.92 Å². The van der Waals surface area contributed by atoms with Crippen LogP contribution in [0.15, 0.2) is 54.6 Å². The highest BCUT2D eigenvalue weighted by atomic mass is 16.5. The molecule has 3 heteroatoms. The molecular weight excluding hydrogens is 298 g/mol. The number of phenols is 1. The van der Waals surface area contributed by atoms with Gasteiger partial charge in [-0.15, -0.1) is 0 Å². The summed E-state index contributed by atoms with van der Waals surface area (Å²) in [6, 6.07) is 17.8. The first-order valence-corrected chi connectivity index (χ1v) is 8.98. The Balaban J connectivity index is 1.30. The van der Waals surface area contributed by atoms with E-state index < -0.39 is 0 Å². The number of benzene rings is 2. The van der Waals surface area contributed by atoms with Gasteiger partial charge in [0, 0.05) is 6.54 Å². The fraction of sp³-hybridized carbons (Fsp3) is 0.429. The Kier molecular flexibility index (Phi) is 6.13. The monoisotopic (exact) mass is 325 g/mol. The van der Waals surface area contributed by atoms with Crippen molar-refractivity contribution in [1.82, 2.24) is 4.90 Å². The SMILES string of the molecule is Oc1ccc(OCCCN2CCC(Cc3ccccc3)CC2)cc1. The summed E-state index contributed by atoms with van der Waals surface area (Å²) in [5.74, 6) is 1.94. The second-order valence-electron chi connectivity index (χ2n) is 6.67. The number of nitrogens with zero attached hydrogens (tertiary/aromatic N) is 1. The lowest BCUT2D eigenvalue weighted by Gasteiger charge is -2.32. The quantitative estimate of drug-likeness (QED) is 0.778. The molecule has 0 aromatic heterocycles. The molecule has 0 spiro atoms. The number of ether oxygens (including phenoxy) is 1. The third kappa shape index (κ3) is 5.27. The average Bonchev–Trinajstić information content (AvgIpc) is 2.62. The maximum Gasteiger partial charge on any atom is 0.119 e. The minimum absolute atomic E-state index is 0.278. The molecule has 0 saturated carbocycles. The molecule has 0 atom stereocenters. The van der Waals surface area contributed by atoms with Crippen LogP contribution in [-0.2, 0) is 6.42 Å². The van der Waals surface area contributed by atoms with Gasteiger partial charge in [-0.3, -0.25) is 0 Å². The summed E-state index contributed by atoms with van der Waals surface area (Å²) in [5.41, 5.74) is 1.47. The second kappa shape index (κ2) is 8.74. The van der Waals surface area contributed by atoms with Gasteiger partial charge >= 0.3 is 0 Å². The zero-order valence-corrected chi connectivity index (χ0v) is 14.2. The summed E-state index contributed by atoms with van der Waals surface area (Å²) in [6.07, 6.45) is 4.87. The van der Waals surface area contributed by atoms with E-state index in [0.29, 0.717) is 0 Å². The van der Waals surface area contributed by atoms with Crippen molar-refractivity contribution in [2.45, 2.75) is 25.7 Å². The molecule has 1 fully saturated rings. The number of piperidine rings is 1. The molecule has 1 N–H and O–H groups in total. The van der Waals surface area contributed by atoms with Gasteiger partial charge < -0.3 is 14.7 Å². The van der Waals surface area contributed by atoms with Crippen molar-refractivity contribution in [3.63, 3.8) is 0 Å². The van der Waals surface area contributed by atoms with Gasteiger partial charge in [-0.2, -0.15) is 0 Å². The number of aromatic hydroxyl groups is 1. The van der Waals surface area contributed by atoms with Crippen molar-refractivity contribution in [3.8, 4) is 11.5 Å². The molecule has 0 amide bonds. The van der Waals surface area contributed by atoms with Gasteiger partial charge in [0.05, 0.1) is 6.61 Å². The van der Waals surface area contributed by atoms with E-state index in [1.807, 2.05) is 12.1 Å². The van der Waals surface area contributed by atoms with Crippen molar-refractivity contribution in [3.05, 3.63) is 60.2 Å². The number of phenolic OH excluding ortho intramolecular Hbond substituents is 1. The van der Waals surface area contributed by atoms with Gasteiger partial charge in [0.2, 0.25) is 0 Å². The standard InChI is InChI=1S/C21H27NO2/c23-20-7-9-21(10-8-20)24-16-4-13-22-14-11-19(12-15-22)17-18-5-2-1-3-6-18/h1-3,5-10,19,23H,4,11-17H2. The lowest BCUT2D eigenvalue weighted by atomic mass is 9.90.